The predicted octanol–water partition coefficient (Wildman–Crippen LogP) is 2.51. The number of hydrogen-bond donors (Lipinski definition) is 0. The molecule has 0 spiro atoms. The SMILES string of the molecule is FCOC(F)(F)C(F)(F)Br. The number of ether oxygens (including phenoxy) is 1. The molecule has 0 saturated heterocycles. The van der Waals surface area contributed by atoms with E-state index >= 15 is 0 Å². The second kappa shape index (κ2) is 3.00. The van der Waals surface area contributed by atoms with E-state index in [1.54, 1.807) is 0 Å². The highest BCUT2D eigenvalue weighted by Crippen LogP contribution is 2.39. The van der Waals surface area contributed by atoms with E-state index in [1.807, 2.05) is 0 Å². The van der Waals surface area contributed by atoms with Gasteiger partial charge in [-0.3, -0.25) is 4.74 Å². The first-order valence-corrected chi connectivity index (χ1v) is 2.75. The zero-order chi connectivity index (χ0) is 8.41. The smallest absolute Gasteiger partial charge is 0.283 e. The lowest BCUT2D eigenvalue weighted by atomic mass is 10.6. The van der Waals surface area contributed by atoms with Gasteiger partial charge in [-0.1, -0.05) is 0 Å². The molecule has 7 heteroatoms. The molecule has 0 aromatic carbocycles. The maximum atomic E-state index is 11.7. The van der Waals surface area contributed by atoms with Crippen LogP contribution in [0, 0.1) is 0 Å². The first-order valence-electron chi connectivity index (χ1n) is 1.95. The summed E-state index contributed by atoms with van der Waals surface area (Å²) in [6.45, 7) is -1.96. The molecule has 0 rings (SSSR count). The molecular formula is C3H2BrF5O. The third-order valence-corrected chi connectivity index (χ3v) is 1.03. The van der Waals surface area contributed by atoms with Gasteiger partial charge in [-0.15, -0.1) is 0 Å². The standard InChI is InChI=1S/C3H2BrF5O/c4-2(6,7)3(8,9)10-1-5/h1H2. The van der Waals surface area contributed by atoms with Gasteiger partial charge in [0.2, 0.25) is 0 Å². The van der Waals surface area contributed by atoms with Crippen LogP contribution in [-0.2, 0) is 4.74 Å². The van der Waals surface area contributed by atoms with Crippen LogP contribution in [0.15, 0.2) is 0 Å². The second-order valence-corrected chi connectivity index (χ2v) is 2.26. The second-order valence-electron chi connectivity index (χ2n) is 1.27. The molecule has 0 saturated carbocycles. The monoisotopic (exact) mass is 228 g/mol. The molecule has 0 aliphatic rings. The van der Waals surface area contributed by atoms with Gasteiger partial charge in [0, 0.05) is 15.9 Å². The Balaban J connectivity index is 4.10. The van der Waals surface area contributed by atoms with Gasteiger partial charge in [-0.25, -0.2) is 4.39 Å². The van der Waals surface area contributed by atoms with Crippen LogP contribution >= 0.6 is 15.9 Å². The third kappa shape index (κ3) is 2.37. The number of halogens is 6. The summed E-state index contributed by atoms with van der Waals surface area (Å²) in [7, 11) is 0. The highest BCUT2D eigenvalue weighted by Gasteiger charge is 2.56. The Kier molecular flexibility index (Phi) is 3.02. The van der Waals surface area contributed by atoms with Crippen LogP contribution in [0.3, 0.4) is 0 Å². The molecule has 0 amide bonds. The molecule has 0 atom stereocenters. The lowest BCUT2D eigenvalue weighted by Crippen LogP contribution is -2.37. The fourth-order valence-electron chi connectivity index (χ4n) is 0.150. The van der Waals surface area contributed by atoms with Gasteiger partial charge < -0.3 is 0 Å². The molecule has 0 bridgehead atoms. The molecule has 0 aromatic heterocycles. The third-order valence-electron chi connectivity index (χ3n) is 0.566. The van der Waals surface area contributed by atoms with Crippen LogP contribution in [0.4, 0.5) is 22.0 Å². The van der Waals surface area contributed by atoms with Crippen molar-refractivity contribution in [3.05, 3.63) is 0 Å². The van der Waals surface area contributed by atoms with Gasteiger partial charge in [0.05, 0.1) is 0 Å². The van der Waals surface area contributed by atoms with Crippen LogP contribution in [0.2, 0.25) is 0 Å². The highest BCUT2D eigenvalue weighted by molar-refractivity contribution is 9.10. The fraction of sp³-hybridized carbons (Fsp3) is 1.00. The van der Waals surface area contributed by atoms with Crippen LogP contribution in [0.5, 0.6) is 0 Å². The molecule has 0 fully saturated rings. The summed E-state index contributed by atoms with van der Waals surface area (Å²) in [6.07, 6.45) is -4.80. The zero-order valence-corrected chi connectivity index (χ0v) is 5.97. The van der Waals surface area contributed by atoms with Crippen molar-refractivity contribution in [1.82, 2.24) is 0 Å². The van der Waals surface area contributed by atoms with Gasteiger partial charge in [0.15, 0.2) is 6.86 Å². The predicted molar refractivity (Wildman–Crippen MR) is 25.9 cm³/mol. The van der Waals surface area contributed by atoms with E-state index in [0.717, 1.165) is 0 Å². The van der Waals surface area contributed by atoms with Crippen molar-refractivity contribution in [2.24, 2.45) is 0 Å². The van der Waals surface area contributed by atoms with E-state index in [9.17, 15) is 22.0 Å². The van der Waals surface area contributed by atoms with E-state index < -0.39 is 17.8 Å². The molecule has 1 nitrogen and oxygen atoms in total. The molecule has 0 heterocycles. The minimum atomic E-state index is -4.80. The first kappa shape index (κ1) is 10.1. The number of rotatable bonds is 3. The van der Waals surface area contributed by atoms with Crippen LogP contribution in [-0.4, -0.2) is 17.8 Å². The summed E-state index contributed by atoms with van der Waals surface area (Å²) in [6, 6.07) is 0. The Hall–Kier alpha value is 0.0900. The lowest BCUT2D eigenvalue weighted by Gasteiger charge is -2.18. The lowest BCUT2D eigenvalue weighted by molar-refractivity contribution is -0.322. The van der Waals surface area contributed by atoms with Crippen molar-refractivity contribution in [3.63, 3.8) is 0 Å². The number of hydrogen-bond acceptors (Lipinski definition) is 1. The van der Waals surface area contributed by atoms with Crippen LogP contribution in [0.25, 0.3) is 0 Å². The van der Waals surface area contributed by atoms with Crippen molar-refractivity contribution in [3.8, 4) is 0 Å². The molecule has 0 N–H and O–H groups in total. The quantitative estimate of drug-likeness (QED) is 0.533. The molecule has 0 unspecified atom stereocenters. The van der Waals surface area contributed by atoms with Crippen LogP contribution < -0.4 is 0 Å². The van der Waals surface area contributed by atoms with Gasteiger partial charge in [-0.05, 0) is 0 Å². The summed E-state index contributed by atoms with van der Waals surface area (Å²) in [5, 5.41) is 0. The van der Waals surface area contributed by atoms with Crippen molar-refractivity contribution in [2.45, 2.75) is 10.9 Å². The highest BCUT2D eigenvalue weighted by atomic mass is 79.9. The van der Waals surface area contributed by atoms with Gasteiger partial charge >= 0.3 is 10.9 Å². The molecular weight excluding hydrogens is 227 g/mol. The molecule has 10 heavy (non-hydrogen) atoms. The van der Waals surface area contributed by atoms with Crippen molar-refractivity contribution in [1.29, 1.82) is 0 Å². The molecule has 0 radical (unpaired) electrons. The Morgan fingerprint density at radius 1 is 1.20 bits per heavy atom. The fourth-order valence-corrected chi connectivity index (χ4v) is 0.265. The van der Waals surface area contributed by atoms with E-state index in [4.69, 9.17) is 0 Å². The van der Waals surface area contributed by atoms with E-state index in [0.29, 0.717) is 0 Å². The topological polar surface area (TPSA) is 9.23 Å². The van der Waals surface area contributed by atoms with Crippen molar-refractivity contribution >= 4 is 15.9 Å². The summed E-state index contributed by atoms with van der Waals surface area (Å²) in [5.41, 5.74) is 0. The molecule has 62 valence electrons. The average Bonchev–Trinajstić information content (AvgIpc) is 1.61. The minimum absolute atomic E-state index is 1.33. The normalized spacial score (nSPS) is 13.8. The van der Waals surface area contributed by atoms with Crippen molar-refractivity contribution in [2.75, 3.05) is 6.86 Å². The zero-order valence-electron chi connectivity index (χ0n) is 4.38. The Labute approximate surface area is 61.3 Å². The summed E-state index contributed by atoms with van der Waals surface area (Å²) < 4.78 is 60.2. The Morgan fingerprint density at radius 2 is 1.60 bits per heavy atom. The minimum Gasteiger partial charge on any atom is -0.283 e. The summed E-state index contributed by atoms with van der Waals surface area (Å²) in [5.74, 6) is 0. The molecule has 0 aliphatic heterocycles. The Bertz CT molecular complexity index is 110. The maximum absolute atomic E-state index is 11.7. The summed E-state index contributed by atoms with van der Waals surface area (Å²) in [4.78, 5) is -4.54. The van der Waals surface area contributed by atoms with E-state index in [2.05, 4.69) is 4.74 Å². The summed E-state index contributed by atoms with van der Waals surface area (Å²) >= 11 is 1.33. The van der Waals surface area contributed by atoms with Gasteiger partial charge in [0.25, 0.3) is 0 Å². The number of alkyl halides is 6. The maximum Gasteiger partial charge on any atom is 0.432 e. The van der Waals surface area contributed by atoms with E-state index in [1.165, 1.54) is 15.9 Å². The molecule has 0 aliphatic carbocycles. The van der Waals surface area contributed by atoms with Gasteiger partial charge in [0.1, 0.15) is 0 Å². The van der Waals surface area contributed by atoms with E-state index in [-0.39, 0.29) is 0 Å². The first-order chi connectivity index (χ1) is 4.31. The Morgan fingerprint density at radius 3 is 1.70 bits per heavy atom. The van der Waals surface area contributed by atoms with Crippen LogP contribution in [0.1, 0.15) is 0 Å². The van der Waals surface area contributed by atoms with Gasteiger partial charge in [-0.2, -0.15) is 17.6 Å². The van der Waals surface area contributed by atoms with Crippen molar-refractivity contribution < 1.29 is 26.7 Å². The molecule has 0 aromatic rings. The largest absolute Gasteiger partial charge is 0.432 e. The average molecular weight is 229 g/mol.